The van der Waals surface area contributed by atoms with E-state index in [4.69, 9.17) is 17.3 Å². The van der Waals surface area contributed by atoms with Crippen molar-refractivity contribution >= 4 is 33.2 Å². The predicted molar refractivity (Wildman–Crippen MR) is 77.6 cm³/mol. The summed E-state index contributed by atoms with van der Waals surface area (Å²) in [5.41, 5.74) is 7.26. The zero-order valence-corrected chi connectivity index (χ0v) is 12.5. The smallest absolute Gasteiger partial charge is 0.0549 e. The molecule has 0 amide bonds. The van der Waals surface area contributed by atoms with E-state index in [0.717, 1.165) is 15.2 Å². The molecule has 4 heteroatoms. The molecule has 1 fully saturated rings. The Morgan fingerprint density at radius 3 is 2.65 bits per heavy atom. The number of anilines is 1. The van der Waals surface area contributed by atoms with Crippen molar-refractivity contribution in [3.8, 4) is 0 Å². The Labute approximate surface area is 116 Å². The van der Waals surface area contributed by atoms with Crippen LogP contribution in [0.3, 0.4) is 0 Å². The third kappa shape index (κ3) is 2.47. The van der Waals surface area contributed by atoms with Crippen LogP contribution in [0.2, 0.25) is 5.02 Å². The number of benzene rings is 1. The molecular formula is C13H18BrClN2. The summed E-state index contributed by atoms with van der Waals surface area (Å²) in [5.74, 6) is 0. The Kier molecular flexibility index (Phi) is 3.45. The van der Waals surface area contributed by atoms with E-state index in [2.05, 4.69) is 35.1 Å². The van der Waals surface area contributed by atoms with Gasteiger partial charge in [0.1, 0.15) is 0 Å². The fraction of sp³-hybridized carbons (Fsp3) is 0.538. The van der Waals surface area contributed by atoms with Gasteiger partial charge in [0.15, 0.2) is 0 Å². The van der Waals surface area contributed by atoms with Gasteiger partial charge in [-0.2, -0.15) is 0 Å². The zero-order valence-electron chi connectivity index (χ0n) is 10.2. The van der Waals surface area contributed by atoms with E-state index in [9.17, 15) is 0 Å². The molecule has 2 nitrogen and oxygen atoms in total. The van der Waals surface area contributed by atoms with Gasteiger partial charge in [-0.15, -0.1) is 0 Å². The first-order valence-electron chi connectivity index (χ1n) is 5.83. The maximum atomic E-state index is 5.99. The molecule has 0 spiro atoms. The lowest BCUT2D eigenvalue weighted by Crippen LogP contribution is -2.49. The van der Waals surface area contributed by atoms with Crippen molar-refractivity contribution in [2.24, 2.45) is 11.1 Å². The van der Waals surface area contributed by atoms with Gasteiger partial charge in [-0.1, -0.05) is 18.5 Å². The molecule has 1 aliphatic carbocycles. The van der Waals surface area contributed by atoms with E-state index in [1.165, 1.54) is 12.8 Å². The normalized spacial score (nSPS) is 20.8. The van der Waals surface area contributed by atoms with Crippen molar-refractivity contribution in [1.29, 1.82) is 0 Å². The third-order valence-electron chi connectivity index (χ3n) is 4.08. The molecule has 1 unspecified atom stereocenters. The largest absolute Gasteiger partial charge is 0.378 e. The molecule has 17 heavy (non-hydrogen) atoms. The second kappa shape index (κ2) is 4.45. The molecule has 3 N–H and O–H groups in total. The van der Waals surface area contributed by atoms with Gasteiger partial charge in [0.05, 0.1) is 10.6 Å². The first-order valence-corrected chi connectivity index (χ1v) is 7.01. The highest BCUT2D eigenvalue weighted by atomic mass is 79.9. The summed E-state index contributed by atoms with van der Waals surface area (Å²) in [5, 5.41) is 4.29. The Morgan fingerprint density at radius 1 is 1.53 bits per heavy atom. The molecule has 1 aliphatic rings. The second-order valence-electron chi connectivity index (χ2n) is 5.35. The van der Waals surface area contributed by atoms with Crippen molar-refractivity contribution in [3.05, 3.63) is 27.7 Å². The average Bonchev–Trinajstić information content (AvgIpc) is 3.03. The summed E-state index contributed by atoms with van der Waals surface area (Å²) >= 11 is 9.43. The molecule has 1 saturated carbocycles. The van der Waals surface area contributed by atoms with Crippen molar-refractivity contribution in [1.82, 2.24) is 0 Å². The SMILES string of the molecule is CC1(C(C)(CN)Nc2ccc(Cl)c(Br)c2)CC1. The molecule has 0 aromatic heterocycles. The minimum atomic E-state index is -0.0553. The number of rotatable bonds is 4. The van der Waals surface area contributed by atoms with Gasteiger partial charge in [-0.3, -0.25) is 0 Å². The van der Waals surface area contributed by atoms with Gasteiger partial charge in [-0.05, 0) is 59.3 Å². The van der Waals surface area contributed by atoms with Crippen LogP contribution in [0.1, 0.15) is 26.7 Å². The molecule has 0 radical (unpaired) electrons. The minimum absolute atomic E-state index is 0.0553. The van der Waals surface area contributed by atoms with Crippen LogP contribution in [0, 0.1) is 5.41 Å². The van der Waals surface area contributed by atoms with E-state index in [1.54, 1.807) is 0 Å². The number of hydrogen-bond acceptors (Lipinski definition) is 2. The quantitative estimate of drug-likeness (QED) is 0.880. The first kappa shape index (κ1) is 13.2. The van der Waals surface area contributed by atoms with Crippen LogP contribution in [-0.2, 0) is 0 Å². The maximum Gasteiger partial charge on any atom is 0.0549 e. The number of halogens is 2. The van der Waals surface area contributed by atoms with Crippen molar-refractivity contribution in [2.75, 3.05) is 11.9 Å². The summed E-state index contributed by atoms with van der Waals surface area (Å²) in [4.78, 5) is 0. The Balaban J connectivity index is 2.21. The topological polar surface area (TPSA) is 38.0 Å². The first-order chi connectivity index (χ1) is 7.90. The van der Waals surface area contributed by atoms with Crippen molar-refractivity contribution in [2.45, 2.75) is 32.2 Å². The Bertz CT molecular complexity index is 431. The summed E-state index contributed by atoms with van der Waals surface area (Å²) in [6.45, 7) is 5.12. The highest BCUT2D eigenvalue weighted by molar-refractivity contribution is 9.10. The van der Waals surface area contributed by atoms with Crippen LogP contribution in [0.25, 0.3) is 0 Å². The maximum absolute atomic E-state index is 5.99. The van der Waals surface area contributed by atoms with Crippen LogP contribution in [0.15, 0.2) is 22.7 Å². The standard InChI is InChI=1S/C13H18BrClN2/c1-12(5-6-12)13(2,8-16)17-9-3-4-11(15)10(14)7-9/h3-4,7,17H,5-6,8,16H2,1-2H3. The highest BCUT2D eigenvalue weighted by Gasteiger charge is 2.52. The molecule has 1 aromatic carbocycles. The molecule has 1 atom stereocenters. The summed E-state index contributed by atoms with van der Waals surface area (Å²) in [7, 11) is 0. The summed E-state index contributed by atoms with van der Waals surface area (Å²) in [6, 6.07) is 5.88. The number of nitrogens with one attached hydrogen (secondary N) is 1. The van der Waals surface area contributed by atoms with Crippen LogP contribution in [0.5, 0.6) is 0 Å². The molecule has 94 valence electrons. The van der Waals surface area contributed by atoms with Gasteiger partial charge >= 0.3 is 0 Å². The average molecular weight is 318 g/mol. The van der Waals surface area contributed by atoms with E-state index >= 15 is 0 Å². The van der Waals surface area contributed by atoms with Gasteiger partial charge < -0.3 is 11.1 Å². The number of hydrogen-bond donors (Lipinski definition) is 2. The molecular weight excluding hydrogens is 300 g/mol. The van der Waals surface area contributed by atoms with E-state index in [0.29, 0.717) is 12.0 Å². The van der Waals surface area contributed by atoms with Gasteiger partial charge in [0, 0.05) is 16.7 Å². The molecule has 2 rings (SSSR count). The lowest BCUT2D eigenvalue weighted by molar-refractivity contribution is 0.333. The summed E-state index contributed by atoms with van der Waals surface area (Å²) < 4.78 is 0.907. The van der Waals surface area contributed by atoms with Gasteiger partial charge in [0.2, 0.25) is 0 Å². The van der Waals surface area contributed by atoms with E-state index in [-0.39, 0.29) is 5.54 Å². The second-order valence-corrected chi connectivity index (χ2v) is 6.61. The molecule has 0 aliphatic heterocycles. The van der Waals surface area contributed by atoms with Crippen molar-refractivity contribution < 1.29 is 0 Å². The Hall–Kier alpha value is -0.250. The van der Waals surface area contributed by atoms with E-state index in [1.807, 2.05) is 18.2 Å². The third-order valence-corrected chi connectivity index (χ3v) is 5.29. The lowest BCUT2D eigenvalue weighted by atomic mass is 9.83. The van der Waals surface area contributed by atoms with Crippen LogP contribution < -0.4 is 11.1 Å². The monoisotopic (exact) mass is 316 g/mol. The minimum Gasteiger partial charge on any atom is -0.378 e. The predicted octanol–water partition coefficient (Wildman–Crippen LogP) is 4.03. The summed E-state index contributed by atoms with van der Waals surface area (Å²) in [6.07, 6.45) is 2.48. The molecule has 0 bridgehead atoms. The van der Waals surface area contributed by atoms with Crippen LogP contribution >= 0.6 is 27.5 Å². The van der Waals surface area contributed by atoms with Crippen LogP contribution in [-0.4, -0.2) is 12.1 Å². The van der Waals surface area contributed by atoms with Crippen LogP contribution in [0.4, 0.5) is 5.69 Å². The number of nitrogens with two attached hydrogens (primary N) is 1. The highest BCUT2D eigenvalue weighted by Crippen LogP contribution is 2.54. The Morgan fingerprint density at radius 2 is 2.18 bits per heavy atom. The fourth-order valence-corrected chi connectivity index (χ4v) is 2.58. The van der Waals surface area contributed by atoms with Gasteiger partial charge in [-0.25, -0.2) is 0 Å². The molecule has 0 saturated heterocycles. The molecule has 1 aromatic rings. The fourth-order valence-electron chi connectivity index (χ4n) is 2.08. The zero-order chi connectivity index (χ0) is 12.7. The lowest BCUT2D eigenvalue weighted by Gasteiger charge is -2.37. The van der Waals surface area contributed by atoms with Gasteiger partial charge in [0.25, 0.3) is 0 Å². The van der Waals surface area contributed by atoms with E-state index < -0.39 is 0 Å². The molecule has 0 heterocycles. The van der Waals surface area contributed by atoms with Crippen molar-refractivity contribution in [3.63, 3.8) is 0 Å².